The van der Waals surface area contributed by atoms with Crippen molar-refractivity contribution in [1.82, 2.24) is 4.90 Å². The second kappa shape index (κ2) is 8.92. The molecule has 3 aliphatic rings. The van der Waals surface area contributed by atoms with Gasteiger partial charge in [0.25, 0.3) is 5.91 Å². The van der Waals surface area contributed by atoms with Crippen molar-refractivity contribution in [3.8, 4) is 5.75 Å². The van der Waals surface area contributed by atoms with Crippen molar-refractivity contribution in [3.63, 3.8) is 0 Å². The van der Waals surface area contributed by atoms with Crippen molar-refractivity contribution in [2.24, 2.45) is 5.92 Å². The summed E-state index contributed by atoms with van der Waals surface area (Å²) >= 11 is 1.47. The number of carboxylic acids is 1. The molecule has 3 atom stereocenters. The first kappa shape index (κ1) is 21.5. The number of nitrogens with zero attached hydrogens (tertiary/aromatic N) is 1. The molecule has 1 aromatic carbocycles. The van der Waals surface area contributed by atoms with Gasteiger partial charge in [0.15, 0.2) is 6.10 Å². The number of β-lactam (4-membered cyclic amide) rings is 1. The van der Waals surface area contributed by atoms with E-state index >= 15 is 0 Å². The molecule has 170 valence electrons. The van der Waals surface area contributed by atoms with Gasteiger partial charge in [-0.2, -0.15) is 0 Å². The van der Waals surface area contributed by atoms with Gasteiger partial charge in [-0.15, -0.1) is 11.8 Å². The van der Waals surface area contributed by atoms with E-state index < -0.39 is 17.7 Å². The molecule has 1 aromatic heterocycles. The predicted octanol–water partition coefficient (Wildman–Crippen LogP) is 2.94. The SMILES string of the molecule is O=C(O)C1=C(COc2ccc3ccc(=O)oc3c2)CS[C@@H]2[C@@H](OCC3C=CC=CC3)C(=O)N12. The number of carboxylic acid groups (broad SMARTS) is 1. The second-order valence-electron chi connectivity index (χ2n) is 7.97. The highest BCUT2D eigenvalue weighted by atomic mass is 32.2. The van der Waals surface area contributed by atoms with Crippen LogP contribution in [0.5, 0.6) is 5.75 Å². The van der Waals surface area contributed by atoms with Gasteiger partial charge in [0, 0.05) is 34.8 Å². The smallest absolute Gasteiger partial charge is 0.352 e. The highest BCUT2D eigenvalue weighted by Crippen LogP contribution is 2.42. The molecule has 1 N–H and O–H groups in total. The number of ether oxygens (including phenoxy) is 2. The van der Waals surface area contributed by atoms with E-state index in [4.69, 9.17) is 13.9 Å². The van der Waals surface area contributed by atoms with Crippen LogP contribution in [0.2, 0.25) is 0 Å². The first-order chi connectivity index (χ1) is 16.0. The minimum atomic E-state index is -1.17. The largest absolute Gasteiger partial charge is 0.489 e. The predicted molar refractivity (Wildman–Crippen MR) is 122 cm³/mol. The lowest BCUT2D eigenvalue weighted by Crippen LogP contribution is -2.66. The monoisotopic (exact) mass is 467 g/mol. The summed E-state index contributed by atoms with van der Waals surface area (Å²) in [7, 11) is 0. The molecule has 9 heteroatoms. The maximum absolute atomic E-state index is 12.8. The average molecular weight is 467 g/mol. The van der Waals surface area contributed by atoms with E-state index in [0.29, 0.717) is 29.3 Å². The summed E-state index contributed by atoms with van der Waals surface area (Å²) in [5, 5.41) is 10.2. The summed E-state index contributed by atoms with van der Waals surface area (Å²) in [6, 6.07) is 8.05. The van der Waals surface area contributed by atoms with E-state index in [1.165, 1.54) is 22.7 Å². The van der Waals surface area contributed by atoms with Crippen LogP contribution >= 0.6 is 11.8 Å². The van der Waals surface area contributed by atoms with Gasteiger partial charge in [-0.05, 0) is 24.6 Å². The van der Waals surface area contributed by atoms with E-state index in [-0.39, 0.29) is 29.5 Å². The van der Waals surface area contributed by atoms with Crippen molar-refractivity contribution in [1.29, 1.82) is 0 Å². The first-order valence-corrected chi connectivity index (χ1v) is 11.6. The maximum Gasteiger partial charge on any atom is 0.352 e. The molecule has 1 aliphatic carbocycles. The minimum Gasteiger partial charge on any atom is -0.489 e. The third-order valence-corrected chi connectivity index (χ3v) is 7.08. The summed E-state index contributed by atoms with van der Waals surface area (Å²) in [5.41, 5.74) is 0.378. The highest BCUT2D eigenvalue weighted by Gasteiger charge is 2.54. The molecular weight excluding hydrogens is 446 g/mol. The fourth-order valence-electron chi connectivity index (χ4n) is 4.06. The van der Waals surface area contributed by atoms with E-state index in [1.807, 2.05) is 18.2 Å². The van der Waals surface area contributed by atoms with Gasteiger partial charge in [-0.3, -0.25) is 9.69 Å². The Balaban J connectivity index is 1.28. The molecule has 33 heavy (non-hydrogen) atoms. The minimum absolute atomic E-state index is 0.00155. The van der Waals surface area contributed by atoms with Gasteiger partial charge < -0.3 is 19.0 Å². The molecular formula is C24H21NO7S. The number of rotatable bonds is 7. The Hall–Kier alpha value is -3.30. The van der Waals surface area contributed by atoms with Crippen LogP contribution in [0.1, 0.15) is 6.42 Å². The molecule has 1 amide bonds. The number of benzene rings is 1. The Labute approximate surface area is 193 Å². The average Bonchev–Trinajstić information content (AvgIpc) is 2.82. The van der Waals surface area contributed by atoms with Crippen LogP contribution in [-0.4, -0.2) is 52.3 Å². The normalized spacial score (nSPS) is 24.1. The molecule has 0 radical (unpaired) electrons. The summed E-state index contributed by atoms with van der Waals surface area (Å²) in [6.45, 7) is 0.417. The van der Waals surface area contributed by atoms with Gasteiger partial charge in [-0.25, -0.2) is 9.59 Å². The fraction of sp³-hybridized carbons (Fsp3) is 0.292. The Bertz CT molecular complexity index is 1260. The van der Waals surface area contributed by atoms with Crippen LogP contribution in [-0.2, 0) is 14.3 Å². The number of amides is 1. The lowest BCUT2D eigenvalue weighted by Gasteiger charge is -2.49. The number of carbonyl (C=O) groups excluding carboxylic acids is 1. The van der Waals surface area contributed by atoms with Crippen LogP contribution < -0.4 is 10.4 Å². The Morgan fingerprint density at radius 3 is 2.85 bits per heavy atom. The van der Waals surface area contributed by atoms with Crippen LogP contribution in [0.25, 0.3) is 11.0 Å². The molecule has 1 unspecified atom stereocenters. The molecule has 2 aromatic rings. The second-order valence-corrected chi connectivity index (χ2v) is 9.08. The number of allylic oxidation sites excluding steroid dienone is 3. The van der Waals surface area contributed by atoms with Gasteiger partial charge >= 0.3 is 11.6 Å². The van der Waals surface area contributed by atoms with Crippen molar-refractivity contribution < 1.29 is 28.6 Å². The van der Waals surface area contributed by atoms with Gasteiger partial charge in [0.05, 0.1) is 6.61 Å². The zero-order chi connectivity index (χ0) is 22.9. The van der Waals surface area contributed by atoms with Gasteiger partial charge in [-0.1, -0.05) is 24.3 Å². The van der Waals surface area contributed by atoms with Crippen LogP contribution in [0, 0.1) is 5.92 Å². The molecule has 0 saturated carbocycles. The van der Waals surface area contributed by atoms with E-state index in [9.17, 15) is 19.5 Å². The fourth-order valence-corrected chi connectivity index (χ4v) is 5.38. The third kappa shape index (κ3) is 4.21. The number of thioether (sulfide) groups is 1. The maximum atomic E-state index is 12.8. The summed E-state index contributed by atoms with van der Waals surface area (Å²) in [4.78, 5) is 37.5. The Morgan fingerprint density at radius 2 is 2.06 bits per heavy atom. The molecule has 2 aliphatic heterocycles. The Kier molecular flexibility index (Phi) is 5.82. The zero-order valence-corrected chi connectivity index (χ0v) is 18.3. The van der Waals surface area contributed by atoms with Crippen LogP contribution in [0.4, 0.5) is 0 Å². The van der Waals surface area contributed by atoms with Crippen molar-refractivity contribution in [2.45, 2.75) is 17.9 Å². The summed E-state index contributed by atoms with van der Waals surface area (Å²) in [6.07, 6.45) is 8.26. The number of hydrogen-bond donors (Lipinski definition) is 1. The summed E-state index contributed by atoms with van der Waals surface area (Å²) < 4.78 is 16.8. The molecule has 0 bridgehead atoms. The van der Waals surface area contributed by atoms with Gasteiger partial charge in [0.1, 0.15) is 29.0 Å². The van der Waals surface area contributed by atoms with E-state index in [1.54, 1.807) is 24.3 Å². The Morgan fingerprint density at radius 1 is 1.21 bits per heavy atom. The first-order valence-electron chi connectivity index (χ1n) is 10.5. The molecule has 1 fully saturated rings. The number of aliphatic carboxylic acids is 1. The quantitative estimate of drug-likeness (QED) is 0.489. The molecule has 8 nitrogen and oxygen atoms in total. The lowest BCUT2D eigenvalue weighted by molar-refractivity contribution is -0.165. The van der Waals surface area contributed by atoms with Crippen molar-refractivity contribution in [3.05, 3.63) is 76.3 Å². The summed E-state index contributed by atoms with van der Waals surface area (Å²) in [5.74, 6) is -0.451. The van der Waals surface area contributed by atoms with Crippen LogP contribution in [0.15, 0.2) is 75.1 Å². The topological polar surface area (TPSA) is 106 Å². The van der Waals surface area contributed by atoms with Gasteiger partial charge in [0.2, 0.25) is 0 Å². The lowest BCUT2D eigenvalue weighted by atomic mass is 10.0. The number of hydrogen-bond acceptors (Lipinski definition) is 7. The van der Waals surface area contributed by atoms with Crippen molar-refractivity contribution in [2.75, 3.05) is 19.0 Å². The molecule has 3 heterocycles. The molecule has 1 saturated heterocycles. The standard InChI is InChI=1S/C24H21NO7S/c26-19-9-7-15-6-8-17(10-18(15)32-19)30-12-16-13-33-23-21(22(27)25(23)20(16)24(28)29)31-11-14-4-2-1-3-5-14/h1-4,6-10,14,21,23H,5,11-13H2,(H,28,29)/t14?,21-,23+/m0/s1. The van der Waals surface area contributed by atoms with E-state index in [2.05, 4.69) is 6.08 Å². The van der Waals surface area contributed by atoms with E-state index in [0.717, 1.165) is 11.8 Å². The number of fused-ring (bicyclic) bond motifs is 2. The highest BCUT2D eigenvalue weighted by molar-refractivity contribution is 8.00. The van der Waals surface area contributed by atoms with Crippen LogP contribution in [0.3, 0.4) is 0 Å². The zero-order valence-electron chi connectivity index (χ0n) is 17.5. The molecule has 0 spiro atoms. The third-order valence-electron chi connectivity index (χ3n) is 5.77. The van der Waals surface area contributed by atoms with Crippen molar-refractivity contribution >= 4 is 34.6 Å². The number of carbonyl (C=O) groups is 2. The molecule has 5 rings (SSSR count).